The zero-order valence-corrected chi connectivity index (χ0v) is 9.97. The number of pyridine rings is 1. The van der Waals surface area contributed by atoms with Gasteiger partial charge in [-0.2, -0.15) is 0 Å². The number of benzene rings is 1. The Kier molecular flexibility index (Phi) is 3.61. The highest BCUT2D eigenvalue weighted by molar-refractivity contribution is 5.90. The van der Waals surface area contributed by atoms with Crippen LogP contribution in [-0.4, -0.2) is 10.5 Å². The normalized spacial score (nSPS) is 10.2. The van der Waals surface area contributed by atoms with Crippen molar-refractivity contribution in [3.8, 4) is 0 Å². The number of halogens is 1. The van der Waals surface area contributed by atoms with E-state index in [4.69, 9.17) is 5.73 Å². The number of hydrogen-bond donors (Lipinski definition) is 2. The Morgan fingerprint density at radius 2 is 2.05 bits per heavy atom. The molecule has 0 spiro atoms. The van der Waals surface area contributed by atoms with Crippen LogP contribution < -0.4 is 16.5 Å². The Hall–Kier alpha value is -2.63. The highest BCUT2D eigenvalue weighted by Crippen LogP contribution is 2.12. The fourth-order valence-electron chi connectivity index (χ4n) is 1.56. The topological polar surface area (TPSA) is 77.1 Å². The number of nitrogen functional groups attached to an aromatic ring is 1. The summed E-state index contributed by atoms with van der Waals surface area (Å²) in [6, 6.07) is 7.15. The molecular weight excluding hydrogens is 249 g/mol. The van der Waals surface area contributed by atoms with Crippen molar-refractivity contribution in [2.75, 3.05) is 11.1 Å². The number of nitrogens with two attached hydrogens (primary N) is 1. The van der Waals surface area contributed by atoms with E-state index in [0.717, 1.165) is 0 Å². The predicted molar refractivity (Wildman–Crippen MR) is 70.1 cm³/mol. The lowest BCUT2D eigenvalue weighted by Gasteiger charge is -2.08. The molecule has 0 aliphatic carbocycles. The summed E-state index contributed by atoms with van der Waals surface area (Å²) in [5.74, 6) is -0.914. The Morgan fingerprint density at radius 3 is 2.74 bits per heavy atom. The monoisotopic (exact) mass is 261 g/mol. The van der Waals surface area contributed by atoms with E-state index in [1.54, 1.807) is 6.07 Å². The first-order valence-electron chi connectivity index (χ1n) is 5.56. The molecule has 1 heterocycles. The first kappa shape index (κ1) is 12.8. The van der Waals surface area contributed by atoms with Gasteiger partial charge in [-0.15, -0.1) is 0 Å². The van der Waals surface area contributed by atoms with Crippen molar-refractivity contribution in [2.24, 2.45) is 0 Å². The number of amides is 1. The molecule has 1 aromatic heterocycles. The highest BCUT2D eigenvalue weighted by Gasteiger charge is 2.06. The SMILES string of the molecule is Nc1cn(CC(=O)Nc2ccccc2F)ccc1=O. The molecule has 6 heteroatoms. The molecule has 0 aliphatic rings. The summed E-state index contributed by atoms with van der Waals surface area (Å²) in [6.07, 6.45) is 2.81. The van der Waals surface area contributed by atoms with Crippen LogP contribution in [0.15, 0.2) is 47.5 Å². The number of nitrogens with zero attached hydrogens (tertiary/aromatic N) is 1. The lowest BCUT2D eigenvalue weighted by Crippen LogP contribution is -2.21. The van der Waals surface area contributed by atoms with Crippen LogP contribution in [0.5, 0.6) is 0 Å². The van der Waals surface area contributed by atoms with Gasteiger partial charge in [0.15, 0.2) is 0 Å². The summed E-state index contributed by atoms with van der Waals surface area (Å²) in [5, 5.41) is 2.44. The minimum atomic E-state index is -0.504. The summed E-state index contributed by atoms with van der Waals surface area (Å²) < 4.78 is 14.8. The van der Waals surface area contributed by atoms with E-state index in [1.165, 1.54) is 41.2 Å². The van der Waals surface area contributed by atoms with E-state index in [-0.39, 0.29) is 23.3 Å². The number of para-hydroxylation sites is 1. The predicted octanol–water partition coefficient (Wildman–Crippen LogP) is 1.21. The van der Waals surface area contributed by atoms with E-state index >= 15 is 0 Å². The minimum absolute atomic E-state index is 0.0567. The maximum absolute atomic E-state index is 13.3. The number of rotatable bonds is 3. The van der Waals surface area contributed by atoms with E-state index in [9.17, 15) is 14.0 Å². The van der Waals surface area contributed by atoms with Gasteiger partial charge in [0.1, 0.15) is 12.4 Å². The molecule has 0 unspecified atom stereocenters. The molecule has 1 aromatic carbocycles. The smallest absolute Gasteiger partial charge is 0.244 e. The summed E-state index contributed by atoms with van der Waals surface area (Å²) >= 11 is 0. The molecule has 0 aliphatic heterocycles. The third-order valence-corrected chi connectivity index (χ3v) is 2.48. The van der Waals surface area contributed by atoms with Crippen LogP contribution in [0.1, 0.15) is 0 Å². The second-order valence-electron chi connectivity index (χ2n) is 3.96. The van der Waals surface area contributed by atoms with Gasteiger partial charge in [-0.1, -0.05) is 12.1 Å². The van der Waals surface area contributed by atoms with E-state index in [0.29, 0.717) is 0 Å². The number of anilines is 2. The molecule has 0 atom stereocenters. The van der Waals surface area contributed by atoms with Crippen molar-refractivity contribution in [3.05, 3.63) is 58.8 Å². The summed E-state index contributed by atoms with van der Waals surface area (Å²) in [5.41, 5.74) is 5.32. The van der Waals surface area contributed by atoms with Crippen LogP contribution in [0.4, 0.5) is 15.8 Å². The van der Waals surface area contributed by atoms with Crippen molar-refractivity contribution in [2.45, 2.75) is 6.54 Å². The lowest BCUT2D eigenvalue weighted by atomic mass is 10.3. The van der Waals surface area contributed by atoms with Gasteiger partial charge in [0, 0.05) is 18.5 Å². The molecule has 1 amide bonds. The molecule has 19 heavy (non-hydrogen) atoms. The molecule has 0 fully saturated rings. The van der Waals surface area contributed by atoms with Crippen LogP contribution in [-0.2, 0) is 11.3 Å². The van der Waals surface area contributed by atoms with Crippen molar-refractivity contribution in [1.29, 1.82) is 0 Å². The molecule has 0 bridgehead atoms. The fourth-order valence-corrected chi connectivity index (χ4v) is 1.56. The first-order valence-corrected chi connectivity index (χ1v) is 5.56. The van der Waals surface area contributed by atoms with Crippen molar-refractivity contribution in [3.63, 3.8) is 0 Å². The molecule has 98 valence electrons. The molecule has 2 rings (SSSR count). The van der Waals surface area contributed by atoms with Crippen molar-refractivity contribution in [1.82, 2.24) is 4.57 Å². The van der Waals surface area contributed by atoms with E-state index < -0.39 is 11.7 Å². The summed E-state index contributed by atoms with van der Waals surface area (Å²) in [7, 11) is 0. The van der Waals surface area contributed by atoms with Crippen LogP contribution in [0, 0.1) is 5.82 Å². The highest BCUT2D eigenvalue weighted by atomic mass is 19.1. The van der Waals surface area contributed by atoms with Crippen molar-refractivity contribution >= 4 is 17.3 Å². The van der Waals surface area contributed by atoms with Gasteiger partial charge < -0.3 is 15.6 Å². The Bertz CT molecular complexity index is 667. The van der Waals surface area contributed by atoms with Crippen LogP contribution in [0.3, 0.4) is 0 Å². The third-order valence-electron chi connectivity index (χ3n) is 2.48. The third kappa shape index (κ3) is 3.19. The van der Waals surface area contributed by atoms with Gasteiger partial charge in [0.25, 0.3) is 0 Å². The molecule has 0 radical (unpaired) electrons. The van der Waals surface area contributed by atoms with Gasteiger partial charge in [-0.25, -0.2) is 4.39 Å². The maximum Gasteiger partial charge on any atom is 0.244 e. The summed E-state index contributed by atoms with van der Waals surface area (Å²) in [6.45, 7) is -0.0567. The van der Waals surface area contributed by atoms with Gasteiger partial charge in [-0.05, 0) is 12.1 Å². The number of aromatic nitrogens is 1. The average Bonchev–Trinajstić information content (AvgIpc) is 2.37. The quantitative estimate of drug-likeness (QED) is 0.871. The Labute approximate surface area is 108 Å². The van der Waals surface area contributed by atoms with Gasteiger partial charge in [0.05, 0.1) is 11.4 Å². The molecule has 0 saturated carbocycles. The zero-order valence-electron chi connectivity index (χ0n) is 9.97. The number of hydrogen-bond acceptors (Lipinski definition) is 3. The van der Waals surface area contributed by atoms with Gasteiger partial charge >= 0.3 is 0 Å². The van der Waals surface area contributed by atoms with Crippen LogP contribution >= 0.6 is 0 Å². The second-order valence-corrected chi connectivity index (χ2v) is 3.96. The van der Waals surface area contributed by atoms with Crippen LogP contribution in [0.25, 0.3) is 0 Å². The molecule has 5 nitrogen and oxygen atoms in total. The number of carbonyl (C=O) groups is 1. The van der Waals surface area contributed by atoms with Crippen LogP contribution in [0.2, 0.25) is 0 Å². The largest absolute Gasteiger partial charge is 0.394 e. The lowest BCUT2D eigenvalue weighted by molar-refractivity contribution is -0.116. The first-order chi connectivity index (χ1) is 9.06. The average molecular weight is 261 g/mol. The number of nitrogens with one attached hydrogen (secondary N) is 1. The second kappa shape index (κ2) is 5.34. The molecule has 3 N–H and O–H groups in total. The minimum Gasteiger partial charge on any atom is -0.394 e. The van der Waals surface area contributed by atoms with Gasteiger partial charge in [-0.3, -0.25) is 9.59 Å². The van der Waals surface area contributed by atoms with Crippen molar-refractivity contribution < 1.29 is 9.18 Å². The zero-order chi connectivity index (χ0) is 13.8. The Balaban J connectivity index is 2.07. The van der Waals surface area contributed by atoms with E-state index in [2.05, 4.69) is 5.32 Å². The number of carbonyl (C=O) groups excluding carboxylic acids is 1. The molecule has 0 saturated heterocycles. The standard InChI is InChI=1S/C13H12FN3O2/c14-9-3-1-2-4-11(9)16-13(19)8-17-6-5-12(18)10(15)7-17/h1-7H,8,15H2,(H,16,19). The maximum atomic E-state index is 13.3. The molecule has 2 aromatic rings. The summed E-state index contributed by atoms with van der Waals surface area (Å²) in [4.78, 5) is 22.8. The van der Waals surface area contributed by atoms with E-state index in [1.807, 2.05) is 0 Å². The molecular formula is C13H12FN3O2. The van der Waals surface area contributed by atoms with Gasteiger partial charge in [0.2, 0.25) is 11.3 Å². The fraction of sp³-hybridized carbons (Fsp3) is 0.0769. The Morgan fingerprint density at radius 1 is 1.32 bits per heavy atom.